The van der Waals surface area contributed by atoms with E-state index in [1.54, 1.807) is 0 Å². The van der Waals surface area contributed by atoms with Gasteiger partial charge in [0.15, 0.2) is 12.0 Å². The van der Waals surface area contributed by atoms with Crippen LogP contribution in [0.15, 0.2) is 110 Å². The van der Waals surface area contributed by atoms with Gasteiger partial charge in [-0.25, -0.2) is 0 Å². The van der Waals surface area contributed by atoms with E-state index in [1.165, 1.54) is 92.6 Å². The Bertz CT molecular complexity index is 2110. The minimum Gasteiger partial charge on any atom is -0.332 e. The van der Waals surface area contributed by atoms with Gasteiger partial charge >= 0.3 is 0 Å². The van der Waals surface area contributed by atoms with Crippen LogP contribution in [0.1, 0.15) is 113 Å². The number of amidine groups is 1. The first-order chi connectivity index (χ1) is 25.9. The second kappa shape index (κ2) is 14.6. The van der Waals surface area contributed by atoms with Crippen LogP contribution in [0.25, 0.3) is 27.8 Å². The van der Waals surface area contributed by atoms with Crippen molar-refractivity contribution in [1.29, 1.82) is 5.41 Å². The van der Waals surface area contributed by atoms with E-state index in [0.717, 1.165) is 19.3 Å². The van der Waals surface area contributed by atoms with E-state index < -0.39 is 0 Å². The molecule has 4 aromatic rings. The van der Waals surface area contributed by atoms with Gasteiger partial charge in [0, 0.05) is 24.6 Å². The lowest BCUT2D eigenvalue weighted by Crippen LogP contribution is -2.64. The maximum Gasteiger partial charge on any atom is 0.195 e. The molecule has 7 rings (SSSR count). The van der Waals surface area contributed by atoms with Crippen molar-refractivity contribution in [1.82, 2.24) is 0 Å². The summed E-state index contributed by atoms with van der Waals surface area (Å²) in [5.74, 6) is 1.73. The Balaban J connectivity index is 1.27. The molecule has 1 heterocycles. The SMILES string of the molecule is C=CC(CCC)C1C=CC(c2cc(-c3ccc(CCCC)cc3)cc(-c3cc(C)c(NC4c5ccccc5[C@@]5(C)CC5(C)[N+]4(C)C(C)=N)c(C)c3)c2)=CC1. The predicted molar refractivity (Wildman–Crippen MR) is 232 cm³/mol. The van der Waals surface area contributed by atoms with Crippen molar-refractivity contribution < 1.29 is 4.48 Å². The van der Waals surface area contributed by atoms with Crippen LogP contribution in [0.5, 0.6) is 0 Å². The molecule has 0 aromatic heterocycles. The molecule has 0 saturated heterocycles. The molecule has 3 aliphatic rings. The number of benzene rings is 4. The first-order valence-corrected chi connectivity index (χ1v) is 20.5. The molecule has 0 amide bonds. The summed E-state index contributed by atoms with van der Waals surface area (Å²) in [6.07, 6.45) is 17.4. The second-order valence-electron chi connectivity index (χ2n) is 17.3. The Morgan fingerprint density at radius 3 is 2.17 bits per heavy atom. The van der Waals surface area contributed by atoms with E-state index in [0.29, 0.717) is 22.2 Å². The van der Waals surface area contributed by atoms with Gasteiger partial charge in [-0.05, 0) is 151 Å². The zero-order valence-corrected chi connectivity index (χ0v) is 34.2. The molecular weight excluding hydrogens is 655 g/mol. The first-order valence-electron chi connectivity index (χ1n) is 20.5. The highest BCUT2D eigenvalue weighted by atomic mass is 15.5. The Morgan fingerprint density at radius 2 is 1.56 bits per heavy atom. The standard InChI is InChI=1S/C51H62N3/c1-10-13-17-37-20-22-40(23-21-37)43-30-44(41-26-24-39(25-27-41)38(12-3)16-11-2)32-45(31-43)42-28-34(4)48(35(5)29-42)53-49-46-18-14-15-19-47(46)50(7)33-51(50,8)54(49,9)36(6)52/h12,14-15,18-24,26-32,38-39,49,52-53H,3,10-11,13,16-17,25,33H2,1-2,4-9H3/q+1/t38?,39?,49?,50-,51?,54?/m1/s1. The fourth-order valence-electron chi connectivity index (χ4n) is 10.2. The van der Waals surface area contributed by atoms with Gasteiger partial charge in [0.1, 0.15) is 5.54 Å². The summed E-state index contributed by atoms with van der Waals surface area (Å²) in [5, 5.41) is 13.2. The molecule has 0 bridgehead atoms. The Kier molecular flexibility index (Phi) is 10.3. The largest absolute Gasteiger partial charge is 0.332 e. The molecule has 1 aliphatic heterocycles. The fraction of sp³-hybridized carbons (Fsp3) is 0.392. The normalized spacial score (nSPS) is 26.0. The van der Waals surface area contributed by atoms with Crippen molar-refractivity contribution in [3.05, 3.63) is 143 Å². The van der Waals surface area contributed by atoms with E-state index >= 15 is 0 Å². The minimum absolute atomic E-state index is 0.0392. The third-order valence-electron chi connectivity index (χ3n) is 14.0. The van der Waals surface area contributed by atoms with Crippen molar-refractivity contribution in [2.75, 3.05) is 12.4 Å². The highest BCUT2D eigenvalue weighted by Gasteiger charge is 2.78. The lowest BCUT2D eigenvalue weighted by atomic mass is 9.81. The molecule has 0 spiro atoms. The number of hydrogen-bond acceptors (Lipinski definition) is 2. The maximum atomic E-state index is 9.16. The number of unbranched alkanes of at least 4 members (excludes halogenated alkanes) is 1. The lowest BCUT2D eigenvalue weighted by Gasteiger charge is -2.51. The van der Waals surface area contributed by atoms with Gasteiger partial charge in [0.05, 0.1) is 12.5 Å². The molecule has 0 radical (unpaired) electrons. The van der Waals surface area contributed by atoms with Crippen molar-refractivity contribution in [2.24, 2.45) is 11.8 Å². The van der Waals surface area contributed by atoms with Crippen LogP contribution in [0.4, 0.5) is 5.69 Å². The number of rotatable bonds is 12. The van der Waals surface area contributed by atoms with Gasteiger partial charge in [-0.15, -0.1) is 6.58 Å². The zero-order valence-electron chi connectivity index (χ0n) is 34.2. The molecule has 2 N–H and O–H groups in total. The Hall–Kier alpha value is -4.47. The molecule has 2 aliphatic carbocycles. The van der Waals surface area contributed by atoms with Crippen LogP contribution in [-0.4, -0.2) is 22.9 Å². The molecule has 5 unspecified atom stereocenters. The van der Waals surface area contributed by atoms with E-state index in [-0.39, 0.29) is 17.1 Å². The number of anilines is 1. The Labute approximate surface area is 326 Å². The number of nitrogens with zero attached hydrogens (tertiary/aromatic N) is 1. The maximum absolute atomic E-state index is 9.16. The summed E-state index contributed by atoms with van der Waals surface area (Å²) >= 11 is 0. The smallest absolute Gasteiger partial charge is 0.195 e. The first kappa shape index (κ1) is 37.8. The molecule has 6 atom stereocenters. The predicted octanol–water partition coefficient (Wildman–Crippen LogP) is 13.5. The van der Waals surface area contributed by atoms with Crippen LogP contribution in [0.2, 0.25) is 0 Å². The quantitative estimate of drug-likeness (QED) is 0.0651. The average Bonchev–Trinajstić information content (AvgIpc) is 3.78. The summed E-state index contributed by atoms with van der Waals surface area (Å²) in [4.78, 5) is 0. The second-order valence-corrected chi connectivity index (χ2v) is 17.3. The summed E-state index contributed by atoms with van der Waals surface area (Å²) < 4.78 is 0.569. The zero-order chi connectivity index (χ0) is 38.4. The Morgan fingerprint density at radius 1 is 0.907 bits per heavy atom. The third-order valence-corrected chi connectivity index (χ3v) is 14.0. The van der Waals surface area contributed by atoms with Crippen LogP contribution >= 0.6 is 0 Å². The lowest BCUT2D eigenvalue weighted by molar-refractivity contribution is -0.891. The van der Waals surface area contributed by atoms with E-state index in [2.05, 4.69) is 164 Å². The van der Waals surface area contributed by atoms with Gasteiger partial charge in [0.25, 0.3) is 0 Å². The molecular formula is C51H62N3+. The number of likely N-dealkylation sites (N-methyl/N-ethyl adjacent to an activating group) is 1. The number of fused-ring (bicyclic) bond motifs is 3. The van der Waals surface area contributed by atoms with Crippen molar-refractivity contribution >= 4 is 17.1 Å². The van der Waals surface area contributed by atoms with E-state index in [1.807, 2.05) is 6.92 Å². The fourth-order valence-corrected chi connectivity index (χ4v) is 10.2. The highest BCUT2D eigenvalue weighted by Crippen LogP contribution is 2.69. The number of aryl methyl sites for hydroxylation is 3. The van der Waals surface area contributed by atoms with Crippen LogP contribution in [0, 0.1) is 31.1 Å². The molecule has 3 heteroatoms. The number of hydrogen-bond donors (Lipinski definition) is 2. The monoisotopic (exact) mass is 716 g/mol. The van der Waals surface area contributed by atoms with Crippen molar-refractivity contribution in [2.45, 2.75) is 111 Å². The highest BCUT2D eigenvalue weighted by molar-refractivity contribution is 5.84. The topological polar surface area (TPSA) is 35.9 Å². The summed E-state index contributed by atoms with van der Waals surface area (Å²) in [5.41, 5.74) is 15.4. The molecule has 1 fully saturated rings. The summed E-state index contributed by atoms with van der Waals surface area (Å²) in [6.45, 7) is 20.0. The van der Waals surface area contributed by atoms with E-state index in [4.69, 9.17) is 5.41 Å². The number of quaternary nitrogens is 1. The van der Waals surface area contributed by atoms with Gasteiger partial charge in [0.2, 0.25) is 0 Å². The van der Waals surface area contributed by atoms with Gasteiger partial charge in [-0.3, -0.25) is 9.89 Å². The van der Waals surface area contributed by atoms with Crippen LogP contribution in [0.3, 0.4) is 0 Å². The third kappa shape index (κ3) is 6.33. The van der Waals surface area contributed by atoms with Crippen molar-refractivity contribution in [3.63, 3.8) is 0 Å². The van der Waals surface area contributed by atoms with Gasteiger partial charge in [-0.1, -0.05) is 99.5 Å². The van der Waals surface area contributed by atoms with Gasteiger partial charge in [-0.2, -0.15) is 0 Å². The van der Waals surface area contributed by atoms with E-state index in [9.17, 15) is 0 Å². The average molecular weight is 717 g/mol. The molecule has 280 valence electrons. The van der Waals surface area contributed by atoms with Gasteiger partial charge < -0.3 is 5.32 Å². The number of nitrogens with one attached hydrogen (secondary N) is 2. The number of allylic oxidation sites excluding steroid dienone is 5. The summed E-state index contributed by atoms with van der Waals surface area (Å²) in [6, 6.07) is 30.1. The molecule has 4 aromatic carbocycles. The molecule has 1 saturated carbocycles. The molecule has 54 heavy (non-hydrogen) atoms. The molecule has 3 nitrogen and oxygen atoms in total. The van der Waals surface area contributed by atoms with Crippen LogP contribution in [-0.2, 0) is 11.8 Å². The summed E-state index contributed by atoms with van der Waals surface area (Å²) in [7, 11) is 2.28. The minimum atomic E-state index is -0.0513. The van der Waals surface area contributed by atoms with Crippen LogP contribution < -0.4 is 5.32 Å². The van der Waals surface area contributed by atoms with Crippen molar-refractivity contribution in [3.8, 4) is 22.3 Å².